The van der Waals surface area contributed by atoms with Gasteiger partial charge in [-0.05, 0) is 24.3 Å². The van der Waals surface area contributed by atoms with Gasteiger partial charge in [-0.1, -0.05) is 121 Å². The largest absolute Gasteiger partial charge is 0.228 e. The molecule has 7 aromatic rings. The van der Waals surface area contributed by atoms with Crippen LogP contribution in [0.2, 0.25) is 0 Å². The zero-order chi connectivity index (χ0) is 29.0. The van der Waals surface area contributed by atoms with Crippen molar-refractivity contribution in [2.75, 3.05) is 0 Å². The Labute approximate surface area is 248 Å². The van der Waals surface area contributed by atoms with E-state index in [-0.39, 0.29) is 11.4 Å². The first-order chi connectivity index (χ1) is 21.2. The summed E-state index contributed by atoms with van der Waals surface area (Å²) >= 11 is 0. The normalized spacial score (nSPS) is 10.9. The van der Waals surface area contributed by atoms with Crippen LogP contribution in [-0.2, 0) is 0 Å². The van der Waals surface area contributed by atoms with E-state index >= 15 is 4.39 Å². The summed E-state index contributed by atoms with van der Waals surface area (Å²) in [4.78, 5) is 24.0. The summed E-state index contributed by atoms with van der Waals surface area (Å²) in [5.74, 6) is 1.18. The molecule has 0 N–H and O–H groups in total. The number of benzene rings is 5. The Bertz CT molecular complexity index is 1900. The fourth-order valence-electron chi connectivity index (χ4n) is 4.85. The van der Waals surface area contributed by atoms with Crippen molar-refractivity contribution in [3.63, 3.8) is 0 Å². The maximum Gasteiger partial charge on any atom is 0.167 e. The number of hydrogen-bond donors (Lipinski definition) is 0. The molecule has 0 spiro atoms. The molecule has 2 aromatic heterocycles. The minimum atomic E-state index is -0.449. The first kappa shape index (κ1) is 26.0. The lowest BCUT2D eigenvalue weighted by atomic mass is 10.1. The predicted octanol–water partition coefficient (Wildman–Crippen LogP) is 8.80. The highest BCUT2D eigenvalue weighted by Gasteiger charge is 2.18. The molecule has 0 bridgehead atoms. The molecule has 2 heterocycles. The Hall–Kier alpha value is -5.88. The van der Waals surface area contributed by atoms with Crippen LogP contribution in [0.4, 0.5) is 4.39 Å². The molecule has 0 saturated carbocycles. The molecule has 0 saturated heterocycles. The zero-order valence-corrected chi connectivity index (χ0v) is 23.0. The van der Waals surface area contributed by atoms with Crippen LogP contribution in [0.5, 0.6) is 0 Å². The maximum atomic E-state index is 15.6. The van der Waals surface area contributed by atoms with Gasteiger partial charge in [0.2, 0.25) is 0 Å². The number of rotatable bonds is 6. The van der Waals surface area contributed by atoms with Gasteiger partial charge in [-0.15, -0.1) is 0 Å². The average molecular weight is 558 g/mol. The van der Waals surface area contributed by atoms with E-state index in [9.17, 15) is 0 Å². The summed E-state index contributed by atoms with van der Waals surface area (Å²) in [7, 11) is 0. The van der Waals surface area contributed by atoms with Gasteiger partial charge in [0.05, 0.1) is 17.0 Å². The first-order valence-corrected chi connectivity index (χ1v) is 13.9. The van der Waals surface area contributed by atoms with Gasteiger partial charge in [0.15, 0.2) is 23.3 Å². The van der Waals surface area contributed by atoms with Crippen molar-refractivity contribution in [3.8, 4) is 68.1 Å². The highest BCUT2D eigenvalue weighted by molar-refractivity contribution is 5.74. The van der Waals surface area contributed by atoms with Crippen molar-refractivity contribution < 1.29 is 4.39 Å². The minimum absolute atomic E-state index is 0.231. The van der Waals surface area contributed by atoms with E-state index in [4.69, 9.17) is 24.9 Å². The molecule has 0 unspecified atom stereocenters. The van der Waals surface area contributed by atoms with E-state index in [0.29, 0.717) is 23.0 Å². The smallest absolute Gasteiger partial charge is 0.167 e. The monoisotopic (exact) mass is 557 g/mol. The SMILES string of the molecule is Fc1ccc(-c2nc(-c3ccccc3)cc(-c3ccccc3)n2)cc1-c1nc(-c2ccccc2)nc(-c2ccccc2)n1. The van der Waals surface area contributed by atoms with Crippen molar-refractivity contribution in [3.05, 3.63) is 151 Å². The Kier molecular flexibility index (Phi) is 6.99. The minimum Gasteiger partial charge on any atom is -0.228 e. The number of aromatic nitrogens is 5. The molecule has 0 amide bonds. The molecule has 0 atom stereocenters. The summed E-state index contributed by atoms with van der Waals surface area (Å²) in [6.07, 6.45) is 0. The quantitative estimate of drug-likeness (QED) is 0.204. The van der Waals surface area contributed by atoms with E-state index < -0.39 is 5.82 Å². The third kappa shape index (κ3) is 5.54. The Balaban J connectivity index is 1.40. The Morgan fingerprint density at radius 2 is 0.721 bits per heavy atom. The lowest BCUT2D eigenvalue weighted by Crippen LogP contribution is -2.02. The van der Waals surface area contributed by atoms with Crippen molar-refractivity contribution in [1.29, 1.82) is 0 Å². The van der Waals surface area contributed by atoms with E-state index in [1.807, 2.05) is 127 Å². The van der Waals surface area contributed by atoms with Gasteiger partial charge in [-0.3, -0.25) is 0 Å². The van der Waals surface area contributed by atoms with E-state index in [1.165, 1.54) is 6.07 Å². The summed E-state index contributed by atoms with van der Waals surface area (Å²) in [5.41, 5.74) is 5.98. The molecule has 0 radical (unpaired) electrons. The molecular formula is C37H24FN5. The molecule has 5 nitrogen and oxygen atoms in total. The first-order valence-electron chi connectivity index (χ1n) is 13.9. The van der Waals surface area contributed by atoms with Crippen LogP contribution in [0.1, 0.15) is 0 Å². The van der Waals surface area contributed by atoms with Crippen LogP contribution < -0.4 is 0 Å². The molecule has 43 heavy (non-hydrogen) atoms. The second-order valence-corrected chi connectivity index (χ2v) is 9.93. The van der Waals surface area contributed by atoms with Gasteiger partial charge in [0.25, 0.3) is 0 Å². The standard InChI is InChI=1S/C37H24FN5/c38-31-22-21-29(36-39-32(25-13-5-1-6-14-25)24-33(40-36)26-15-7-2-8-16-26)23-30(31)37-42-34(27-17-9-3-10-18-27)41-35(43-37)28-19-11-4-12-20-28/h1-24H. The second-order valence-electron chi connectivity index (χ2n) is 9.93. The molecular weight excluding hydrogens is 533 g/mol. The lowest BCUT2D eigenvalue weighted by Gasteiger charge is -2.12. The van der Waals surface area contributed by atoms with E-state index in [0.717, 1.165) is 33.6 Å². The van der Waals surface area contributed by atoms with Crippen LogP contribution in [0.25, 0.3) is 68.1 Å². The van der Waals surface area contributed by atoms with Gasteiger partial charge in [-0.25, -0.2) is 29.3 Å². The van der Waals surface area contributed by atoms with Crippen LogP contribution in [0.15, 0.2) is 146 Å². The molecule has 0 fully saturated rings. The van der Waals surface area contributed by atoms with Crippen molar-refractivity contribution in [2.24, 2.45) is 0 Å². The fraction of sp³-hybridized carbons (Fsp3) is 0. The lowest BCUT2D eigenvalue weighted by molar-refractivity contribution is 0.630. The van der Waals surface area contributed by atoms with Gasteiger partial charge >= 0.3 is 0 Å². The predicted molar refractivity (Wildman–Crippen MR) is 168 cm³/mol. The second kappa shape index (κ2) is 11.5. The highest BCUT2D eigenvalue weighted by atomic mass is 19.1. The molecule has 0 aliphatic heterocycles. The Morgan fingerprint density at radius 1 is 0.326 bits per heavy atom. The molecule has 5 aromatic carbocycles. The molecule has 7 rings (SSSR count). The third-order valence-corrected chi connectivity index (χ3v) is 7.03. The number of nitrogens with zero attached hydrogens (tertiary/aromatic N) is 5. The average Bonchev–Trinajstić information content (AvgIpc) is 3.09. The van der Waals surface area contributed by atoms with Crippen LogP contribution in [-0.4, -0.2) is 24.9 Å². The zero-order valence-electron chi connectivity index (χ0n) is 23.0. The van der Waals surface area contributed by atoms with Crippen molar-refractivity contribution in [1.82, 2.24) is 24.9 Å². The summed E-state index contributed by atoms with van der Waals surface area (Å²) in [6.45, 7) is 0. The summed E-state index contributed by atoms with van der Waals surface area (Å²) < 4.78 is 15.6. The van der Waals surface area contributed by atoms with Gasteiger partial charge in [0, 0.05) is 27.8 Å². The van der Waals surface area contributed by atoms with Crippen LogP contribution in [0.3, 0.4) is 0 Å². The number of halogens is 1. The van der Waals surface area contributed by atoms with Crippen molar-refractivity contribution in [2.45, 2.75) is 0 Å². The van der Waals surface area contributed by atoms with Crippen molar-refractivity contribution >= 4 is 0 Å². The number of hydrogen-bond acceptors (Lipinski definition) is 5. The molecule has 0 aliphatic rings. The van der Waals surface area contributed by atoms with Gasteiger partial charge < -0.3 is 0 Å². The third-order valence-electron chi connectivity index (χ3n) is 7.03. The summed E-state index contributed by atoms with van der Waals surface area (Å²) in [6, 6.07) is 45.9. The highest BCUT2D eigenvalue weighted by Crippen LogP contribution is 2.31. The molecule has 0 aliphatic carbocycles. The maximum absolute atomic E-state index is 15.6. The van der Waals surface area contributed by atoms with Crippen LogP contribution >= 0.6 is 0 Å². The Morgan fingerprint density at radius 3 is 1.19 bits per heavy atom. The van der Waals surface area contributed by atoms with Gasteiger partial charge in [-0.2, -0.15) is 0 Å². The van der Waals surface area contributed by atoms with Crippen LogP contribution in [0, 0.1) is 5.82 Å². The molecule has 204 valence electrons. The topological polar surface area (TPSA) is 64.5 Å². The summed E-state index contributed by atoms with van der Waals surface area (Å²) in [5, 5.41) is 0. The van der Waals surface area contributed by atoms with E-state index in [2.05, 4.69) is 0 Å². The van der Waals surface area contributed by atoms with Gasteiger partial charge in [0.1, 0.15) is 5.82 Å². The molecule has 6 heteroatoms. The van der Waals surface area contributed by atoms with E-state index in [1.54, 1.807) is 12.1 Å². The fourth-order valence-corrected chi connectivity index (χ4v) is 4.85.